The van der Waals surface area contributed by atoms with E-state index in [2.05, 4.69) is 22.8 Å². The van der Waals surface area contributed by atoms with Crippen LogP contribution in [0.1, 0.15) is 38.3 Å². The molecule has 0 saturated heterocycles. The van der Waals surface area contributed by atoms with Crippen molar-refractivity contribution in [2.45, 2.75) is 43.2 Å². The molecule has 2 rings (SSSR count). The van der Waals surface area contributed by atoms with Gasteiger partial charge in [0.05, 0.1) is 18.2 Å². The fourth-order valence-electron chi connectivity index (χ4n) is 2.46. The van der Waals surface area contributed by atoms with Crippen molar-refractivity contribution < 1.29 is 9.90 Å². The minimum absolute atomic E-state index is 0.0259. The van der Waals surface area contributed by atoms with Gasteiger partial charge in [0.1, 0.15) is 0 Å². The van der Waals surface area contributed by atoms with Crippen LogP contribution in [0.4, 0.5) is 4.79 Å². The molecular formula is C16H24N2O2S. The summed E-state index contributed by atoms with van der Waals surface area (Å²) in [6.45, 7) is 3.84. The smallest absolute Gasteiger partial charge is 0.315 e. The third kappa shape index (κ3) is 4.14. The number of hydrogen-bond acceptors (Lipinski definition) is 3. The Morgan fingerprint density at radius 2 is 2.05 bits per heavy atom. The van der Waals surface area contributed by atoms with Crippen LogP contribution in [-0.4, -0.2) is 29.5 Å². The summed E-state index contributed by atoms with van der Waals surface area (Å²) in [4.78, 5) is 13.3. The van der Waals surface area contributed by atoms with Gasteiger partial charge in [-0.1, -0.05) is 12.1 Å². The third-order valence-electron chi connectivity index (χ3n) is 4.17. The van der Waals surface area contributed by atoms with Crippen LogP contribution in [0.5, 0.6) is 0 Å². The average Bonchev–Trinajstić information content (AvgIpc) is 3.32. The average molecular weight is 308 g/mol. The lowest BCUT2D eigenvalue weighted by atomic mass is 9.97. The first-order valence-electron chi connectivity index (χ1n) is 7.32. The summed E-state index contributed by atoms with van der Waals surface area (Å²) in [5.41, 5.74) is 0.562. The standard InChI is InChI=1S/C16H24N2O2S/c1-11(12-4-8-14(21-3)9-5-12)17-15(20)18-16(2,10-19)13-6-7-13/h4-5,8-9,11,13,19H,6-7,10H2,1-3H3,(H2,17,18,20). The van der Waals surface area contributed by atoms with E-state index in [0.717, 1.165) is 18.4 Å². The van der Waals surface area contributed by atoms with E-state index in [4.69, 9.17) is 0 Å². The third-order valence-corrected chi connectivity index (χ3v) is 4.91. The number of benzene rings is 1. The minimum Gasteiger partial charge on any atom is -0.394 e. The van der Waals surface area contributed by atoms with Gasteiger partial charge in [-0.15, -0.1) is 11.8 Å². The molecular weight excluding hydrogens is 284 g/mol. The molecule has 0 bridgehead atoms. The van der Waals surface area contributed by atoms with Gasteiger partial charge in [-0.3, -0.25) is 0 Å². The number of aliphatic hydroxyl groups excluding tert-OH is 1. The fraction of sp³-hybridized carbons (Fsp3) is 0.562. The first-order valence-corrected chi connectivity index (χ1v) is 8.54. The lowest BCUT2D eigenvalue weighted by Gasteiger charge is -2.29. The van der Waals surface area contributed by atoms with Crippen LogP contribution in [-0.2, 0) is 0 Å². The molecule has 4 nitrogen and oxygen atoms in total. The molecule has 5 heteroatoms. The number of amides is 2. The topological polar surface area (TPSA) is 61.4 Å². The summed E-state index contributed by atoms with van der Waals surface area (Å²) in [7, 11) is 0. The van der Waals surface area contributed by atoms with Gasteiger partial charge < -0.3 is 15.7 Å². The summed E-state index contributed by atoms with van der Waals surface area (Å²) in [5, 5.41) is 15.4. The van der Waals surface area contributed by atoms with Crippen LogP contribution < -0.4 is 10.6 Å². The summed E-state index contributed by atoms with van der Waals surface area (Å²) < 4.78 is 0. The second-order valence-corrected chi connectivity index (χ2v) is 6.82. The van der Waals surface area contributed by atoms with Crippen LogP contribution >= 0.6 is 11.8 Å². The zero-order valence-corrected chi connectivity index (χ0v) is 13.7. The molecule has 21 heavy (non-hydrogen) atoms. The van der Waals surface area contributed by atoms with Crippen molar-refractivity contribution in [1.29, 1.82) is 0 Å². The van der Waals surface area contributed by atoms with Crippen LogP contribution in [0.25, 0.3) is 0 Å². The molecule has 0 radical (unpaired) electrons. The Labute approximate surface area is 130 Å². The lowest BCUT2D eigenvalue weighted by molar-refractivity contribution is 0.154. The van der Waals surface area contributed by atoms with Crippen molar-refractivity contribution >= 4 is 17.8 Å². The number of hydrogen-bond donors (Lipinski definition) is 3. The summed E-state index contributed by atoms with van der Waals surface area (Å²) in [5.74, 6) is 0.393. The first kappa shape index (κ1) is 16.2. The Morgan fingerprint density at radius 1 is 1.43 bits per heavy atom. The molecule has 3 N–H and O–H groups in total. The van der Waals surface area contributed by atoms with E-state index in [1.807, 2.05) is 32.2 Å². The Bertz CT molecular complexity index is 488. The van der Waals surface area contributed by atoms with Gasteiger partial charge in [-0.2, -0.15) is 0 Å². The highest BCUT2D eigenvalue weighted by molar-refractivity contribution is 7.98. The molecule has 0 spiro atoms. The van der Waals surface area contributed by atoms with Gasteiger partial charge in [0, 0.05) is 4.90 Å². The second kappa shape index (κ2) is 6.71. The van der Waals surface area contributed by atoms with Crippen LogP contribution in [0, 0.1) is 5.92 Å². The van der Waals surface area contributed by atoms with Crippen molar-refractivity contribution in [2.75, 3.05) is 12.9 Å². The van der Waals surface area contributed by atoms with Crippen molar-refractivity contribution in [3.05, 3.63) is 29.8 Å². The number of rotatable bonds is 6. The Hall–Kier alpha value is -1.20. The van der Waals surface area contributed by atoms with Crippen molar-refractivity contribution in [3.63, 3.8) is 0 Å². The van der Waals surface area contributed by atoms with Crippen molar-refractivity contribution in [3.8, 4) is 0 Å². The lowest BCUT2D eigenvalue weighted by Crippen LogP contribution is -2.54. The van der Waals surface area contributed by atoms with E-state index in [9.17, 15) is 9.90 Å². The zero-order valence-electron chi connectivity index (χ0n) is 12.8. The molecule has 1 saturated carbocycles. The summed E-state index contributed by atoms with van der Waals surface area (Å²) in [6, 6.07) is 7.88. The Balaban J connectivity index is 1.91. The van der Waals surface area contributed by atoms with E-state index >= 15 is 0 Å². The molecule has 1 aliphatic rings. The monoisotopic (exact) mass is 308 g/mol. The van der Waals surface area contributed by atoms with E-state index in [-0.39, 0.29) is 18.7 Å². The van der Waals surface area contributed by atoms with Gasteiger partial charge in [0.2, 0.25) is 0 Å². The van der Waals surface area contributed by atoms with E-state index < -0.39 is 5.54 Å². The van der Waals surface area contributed by atoms with Gasteiger partial charge in [0.25, 0.3) is 0 Å². The maximum Gasteiger partial charge on any atom is 0.315 e. The van der Waals surface area contributed by atoms with Gasteiger partial charge in [0.15, 0.2) is 0 Å². The van der Waals surface area contributed by atoms with E-state index in [1.165, 1.54) is 4.90 Å². The fourth-order valence-corrected chi connectivity index (χ4v) is 2.87. The van der Waals surface area contributed by atoms with Crippen molar-refractivity contribution in [2.24, 2.45) is 5.92 Å². The molecule has 116 valence electrons. The Kier molecular flexibility index (Phi) is 5.17. The van der Waals surface area contributed by atoms with Gasteiger partial charge >= 0.3 is 6.03 Å². The van der Waals surface area contributed by atoms with Crippen LogP contribution in [0.2, 0.25) is 0 Å². The predicted octanol–water partition coefficient (Wildman–Crippen LogP) is 2.93. The zero-order chi connectivity index (χ0) is 15.5. The SMILES string of the molecule is CSc1ccc(C(C)NC(=O)NC(C)(CO)C2CC2)cc1. The number of urea groups is 1. The molecule has 0 heterocycles. The van der Waals surface area contributed by atoms with Gasteiger partial charge in [-0.25, -0.2) is 4.79 Å². The number of carbonyl (C=O) groups excluding carboxylic acids is 1. The molecule has 1 aromatic carbocycles. The summed E-state index contributed by atoms with van der Waals surface area (Å²) in [6.07, 6.45) is 4.18. The molecule has 2 unspecified atom stereocenters. The number of carbonyl (C=O) groups is 1. The minimum atomic E-state index is -0.507. The summed E-state index contributed by atoms with van der Waals surface area (Å²) >= 11 is 1.70. The highest BCUT2D eigenvalue weighted by atomic mass is 32.2. The molecule has 0 aliphatic heterocycles. The largest absolute Gasteiger partial charge is 0.394 e. The normalized spacial score (nSPS) is 18.7. The van der Waals surface area contributed by atoms with Crippen LogP contribution in [0.15, 0.2) is 29.2 Å². The quantitative estimate of drug-likeness (QED) is 0.708. The molecule has 2 amide bonds. The van der Waals surface area contributed by atoms with E-state index in [0.29, 0.717) is 5.92 Å². The molecule has 1 aliphatic carbocycles. The predicted molar refractivity (Wildman–Crippen MR) is 86.5 cm³/mol. The van der Waals surface area contributed by atoms with E-state index in [1.54, 1.807) is 11.8 Å². The maximum atomic E-state index is 12.1. The highest BCUT2D eigenvalue weighted by Crippen LogP contribution is 2.39. The molecule has 0 aromatic heterocycles. The maximum absolute atomic E-state index is 12.1. The Morgan fingerprint density at radius 3 is 2.52 bits per heavy atom. The number of nitrogens with one attached hydrogen (secondary N) is 2. The molecule has 1 aromatic rings. The van der Waals surface area contributed by atoms with Gasteiger partial charge in [-0.05, 0) is 56.6 Å². The van der Waals surface area contributed by atoms with Crippen LogP contribution in [0.3, 0.4) is 0 Å². The first-order chi connectivity index (χ1) is 9.98. The second-order valence-electron chi connectivity index (χ2n) is 5.94. The molecule has 2 atom stereocenters. The highest BCUT2D eigenvalue weighted by Gasteiger charge is 2.42. The van der Waals surface area contributed by atoms with Crippen molar-refractivity contribution in [1.82, 2.24) is 10.6 Å². The number of thioether (sulfide) groups is 1. The molecule has 1 fully saturated rings. The number of aliphatic hydroxyl groups is 1.